The number of hydrogen-bond acceptors (Lipinski definition) is 5. The molecule has 2 heterocycles. The van der Waals surface area contributed by atoms with Gasteiger partial charge >= 0.3 is 0 Å². The van der Waals surface area contributed by atoms with Gasteiger partial charge in [0.15, 0.2) is 0 Å². The molecule has 1 N–H and O–H groups in total. The molecule has 0 bridgehead atoms. The number of carbonyl (C=O) groups is 1. The maximum Gasteiger partial charge on any atom is 0.211 e. The number of nitrogens with zero attached hydrogens (tertiary/aromatic N) is 2. The number of rotatable bonds is 5. The van der Waals surface area contributed by atoms with Gasteiger partial charge in [-0.15, -0.1) is 0 Å². The molecule has 116 valence electrons. The van der Waals surface area contributed by atoms with Crippen molar-refractivity contribution in [1.29, 1.82) is 0 Å². The van der Waals surface area contributed by atoms with Crippen LogP contribution >= 0.6 is 0 Å². The summed E-state index contributed by atoms with van der Waals surface area (Å²) in [6.07, 6.45) is 3.58. The minimum absolute atomic E-state index is 0.189. The Morgan fingerprint density at radius 3 is 2.60 bits per heavy atom. The molecule has 0 spiro atoms. The maximum atomic E-state index is 12.1. The largest absolute Gasteiger partial charge is 0.314 e. The average molecular weight is 303 g/mol. The molecule has 2 rings (SSSR count). The highest BCUT2D eigenvalue weighted by atomic mass is 32.2. The van der Waals surface area contributed by atoms with Gasteiger partial charge in [-0.05, 0) is 18.8 Å². The van der Waals surface area contributed by atoms with E-state index in [0.29, 0.717) is 26.1 Å². The Balaban J connectivity index is 1.78. The number of piperazine rings is 1. The third-order valence-electron chi connectivity index (χ3n) is 4.08. The molecule has 0 aliphatic carbocycles. The van der Waals surface area contributed by atoms with Crippen LogP contribution in [0.2, 0.25) is 0 Å². The Hall–Kier alpha value is -0.500. The smallest absolute Gasteiger partial charge is 0.211 e. The molecule has 0 radical (unpaired) electrons. The molecule has 2 fully saturated rings. The summed E-state index contributed by atoms with van der Waals surface area (Å²) in [7, 11) is -3.12. The predicted molar refractivity (Wildman–Crippen MR) is 78.1 cm³/mol. The van der Waals surface area contributed by atoms with Gasteiger partial charge in [-0.25, -0.2) is 12.7 Å². The zero-order valence-electron chi connectivity index (χ0n) is 12.2. The lowest BCUT2D eigenvalue weighted by Gasteiger charge is -2.31. The van der Waals surface area contributed by atoms with E-state index in [1.54, 1.807) is 0 Å². The monoisotopic (exact) mass is 303 g/mol. The molecular formula is C13H25N3O3S. The summed E-state index contributed by atoms with van der Waals surface area (Å²) in [5.41, 5.74) is 0. The fraction of sp³-hybridized carbons (Fsp3) is 0.923. The second kappa shape index (κ2) is 6.98. The van der Waals surface area contributed by atoms with Crippen LogP contribution in [0, 0.1) is 5.92 Å². The molecular weight excluding hydrogens is 278 g/mol. The molecule has 0 aromatic rings. The molecule has 0 amide bonds. The minimum Gasteiger partial charge on any atom is -0.314 e. The van der Waals surface area contributed by atoms with Crippen molar-refractivity contribution >= 4 is 15.8 Å². The van der Waals surface area contributed by atoms with E-state index in [1.807, 2.05) is 0 Å². The predicted octanol–water partition coefficient (Wildman–Crippen LogP) is -0.478. The highest BCUT2D eigenvalue weighted by Gasteiger charge is 2.27. The topological polar surface area (TPSA) is 69.7 Å². The van der Waals surface area contributed by atoms with Crippen LogP contribution < -0.4 is 5.32 Å². The highest BCUT2D eigenvalue weighted by Crippen LogP contribution is 2.21. The average Bonchev–Trinajstić information content (AvgIpc) is 2.39. The summed E-state index contributed by atoms with van der Waals surface area (Å²) in [6.45, 7) is 5.35. The van der Waals surface area contributed by atoms with Gasteiger partial charge in [-0.2, -0.15) is 0 Å². The van der Waals surface area contributed by atoms with Crippen molar-refractivity contribution in [2.24, 2.45) is 5.92 Å². The van der Waals surface area contributed by atoms with Gasteiger partial charge in [0, 0.05) is 45.7 Å². The van der Waals surface area contributed by atoms with Crippen LogP contribution in [0.4, 0.5) is 0 Å². The summed E-state index contributed by atoms with van der Waals surface area (Å²) >= 11 is 0. The van der Waals surface area contributed by atoms with Crippen LogP contribution in [0.1, 0.15) is 19.3 Å². The standard InChI is InChI=1S/C13H25N3O3S/c1-20(18,19)16-6-2-3-12(10-16)9-13(17)11-15-7-4-14-5-8-15/h12,14H,2-11H2,1H3. The van der Waals surface area contributed by atoms with Crippen molar-refractivity contribution in [2.45, 2.75) is 19.3 Å². The van der Waals surface area contributed by atoms with E-state index in [0.717, 1.165) is 39.0 Å². The summed E-state index contributed by atoms with van der Waals surface area (Å²) < 4.78 is 24.6. The molecule has 0 aromatic carbocycles. The molecule has 0 aromatic heterocycles. The second-order valence-electron chi connectivity index (χ2n) is 5.90. The molecule has 20 heavy (non-hydrogen) atoms. The van der Waals surface area contributed by atoms with E-state index in [4.69, 9.17) is 0 Å². The number of carbonyl (C=O) groups excluding carboxylic acids is 1. The number of piperidine rings is 1. The molecule has 1 unspecified atom stereocenters. The zero-order chi connectivity index (χ0) is 14.6. The Bertz CT molecular complexity index is 432. The Labute approximate surface area is 121 Å². The molecule has 1 atom stereocenters. The highest BCUT2D eigenvalue weighted by molar-refractivity contribution is 7.88. The van der Waals surface area contributed by atoms with Crippen molar-refractivity contribution in [3.8, 4) is 0 Å². The van der Waals surface area contributed by atoms with Gasteiger partial charge in [-0.1, -0.05) is 0 Å². The minimum atomic E-state index is -3.12. The number of sulfonamides is 1. The van der Waals surface area contributed by atoms with Crippen molar-refractivity contribution in [3.05, 3.63) is 0 Å². The quantitative estimate of drug-likeness (QED) is 0.743. The van der Waals surface area contributed by atoms with Crippen molar-refractivity contribution in [2.75, 3.05) is 52.1 Å². The van der Waals surface area contributed by atoms with Gasteiger partial charge in [-0.3, -0.25) is 9.69 Å². The number of hydrogen-bond donors (Lipinski definition) is 1. The SMILES string of the molecule is CS(=O)(=O)N1CCCC(CC(=O)CN2CCNCC2)C1. The zero-order valence-corrected chi connectivity index (χ0v) is 13.0. The number of ketones is 1. The summed E-state index contributed by atoms with van der Waals surface area (Å²) in [5.74, 6) is 0.432. The lowest BCUT2D eigenvalue weighted by Crippen LogP contribution is -2.46. The van der Waals surface area contributed by atoms with Gasteiger partial charge in [0.1, 0.15) is 5.78 Å². The van der Waals surface area contributed by atoms with Crippen molar-refractivity contribution < 1.29 is 13.2 Å². The van der Waals surface area contributed by atoms with E-state index in [2.05, 4.69) is 10.2 Å². The third-order valence-corrected chi connectivity index (χ3v) is 5.35. The Kier molecular flexibility index (Phi) is 5.54. The van der Waals surface area contributed by atoms with Crippen LogP contribution in [0.15, 0.2) is 0 Å². The van der Waals surface area contributed by atoms with Crippen LogP contribution in [-0.2, 0) is 14.8 Å². The molecule has 6 nitrogen and oxygen atoms in total. The Morgan fingerprint density at radius 2 is 1.95 bits per heavy atom. The van der Waals surface area contributed by atoms with Crippen molar-refractivity contribution in [1.82, 2.24) is 14.5 Å². The summed E-state index contributed by atoms with van der Waals surface area (Å²) in [5, 5.41) is 3.27. The first-order chi connectivity index (χ1) is 9.45. The van der Waals surface area contributed by atoms with E-state index in [9.17, 15) is 13.2 Å². The van der Waals surface area contributed by atoms with Gasteiger partial charge in [0.25, 0.3) is 0 Å². The summed E-state index contributed by atoms with van der Waals surface area (Å²) in [4.78, 5) is 14.3. The van der Waals surface area contributed by atoms with Crippen molar-refractivity contribution in [3.63, 3.8) is 0 Å². The lowest BCUT2D eigenvalue weighted by molar-refractivity contribution is -0.121. The molecule has 2 aliphatic rings. The summed E-state index contributed by atoms with van der Waals surface area (Å²) in [6, 6.07) is 0. The fourth-order valence-electron chi connectivity index (χ4n) is 3.00. The normalized spacial score (nSPS) is 26.6. The van der Waals surface area contributed by atoms with Crippen LogP contribution in [0.5, 0.6) is 0 Å². The first kappa shape index (κ1) is 15.9. The van der Waals surface area contributed by atoms with Gasteiger partial charge in [0.2, 0.25) is 10.0 Å². The fourth-order valence-corrected chi connectivity index (χ4v) is 3.94. The lowest BCUT2D eigenvalue weighted by atomic mass is 9.94. The molecule has 7 heteroatoms. The first-order valence-corrected chi connectivity index (χ1v) is 9.20. The molecule has 0 saturated carbocycles. The van der Waals surface area contributed by atoms with Crippen LogP contribution in [0.3, 0.4) is 0 Å². The Morgan fingerprint density at radius 1 is 1.25 bits per heavy atom. The van der Waals surface area contributed by atoms with E-state index >= 15 is 0 Å². The van der Waals surface area contributed by atoms with Crippen LogP contribution in [-0.4, -0.2) is 75.5 Å². The molecule has 2 saturated heterocycles. The maximum absolute atomic E-state index is 12.1. The first-order valence-electron chi connectivity index (χ1n) is 7.35. The van der Waals surface area contributed by atoms with E-state index in [1.165, 1.54) is 10.6 Å². The molecule has 2 aliphatic heterocycles. The second-order valence-corrected chi connectivity index (χ2v) is 7.88. The van der Waals surface area contributed by atoms with E-state index < -0.39 is 10.0 Å². The van der Waals surface area contributed by atoms with Crippen LogP contribution in [0.25, 0.3) is 0 Å². The number of nitrogens with one attached hydrogen (secondary N) is 1. The van der Waals surface area contributed by atoms with E-state index in [-0.39, 0.29) is 11.7 Å². The van der Waals surface area contributed by atoms with Gasteiger partial charge in [0.05, 0.1) is 12.8 Å². The third kappa shape index (κ3) is 4.80. The number of Topliss-reactive ketones (excluding diaryl/α,β-unsaturated/α-hetero) is 1. The van der Waals surface area contributed by atoms with Gasteiger partial charge < -0.3 is 5.32 Å².